The van der Waals surface area contributed by atoms with E-state index in [2.05, 4.69) is 4.74 Å². The molecule has 0 atom stereocenters. The monoisotopic (exact) mass is 202 g/mol. The molecule has 0 unspecified atom stereocenters. The number of hydrogen-bond donors (Lipinski definition) is 1. The summed E-state index contributed by atoms with van der Waals surface area (Å²) in [5, 5.41) is 9.40. The van der Waals surface area contributed by atoms with Gasteiger partial charge in [0.25, 0.3) is 0 Å². The van der Waals surface area contributed by atoms with Crippen LogP contribution in [0.1, 0.15) is 25.3 Å². The summed E-state index contributed by atoms with van der Waals surface area (Å²) in [6, 6.07) is 4.09. The molecule has 2 nitrogen and oxygen atoms in total. The predicted octanol–water partition coefficient (Wildman–Crippen LogP) is 3.12. The summed E-state index contributed by atoms with van der Waals surface area (Å²) >= 11 is 0. The fraction of sp³-hybridized carbons (Fsp3) is 0.400. The predicted molar refractivity (Wildman–Crippen MR) is 48.8 cm³/mol. The molecular formula is C10H12F2O2. The second-order valence-corrected chi connectivity index (χ2v) is 3.25. The molecule has 0 aliphatic carbocycles. The van der Waals surface area contributed by atoms with Crippen LogP contribution < -0.4 is 4.74 Å². The van der Waals surface area contributed by atoms with Gasteiger partial charge in [-0.2, -0.15) is 8.78 Å². The van der Waals surface area contributed by atoms with E-state index in [0.717, 1.165) is 0 Å². The van der Waals surface area contributed by atoms with E-state index in [1.807, 2.05) is 13.8 Å². The van der Waals surface area contributed by atoms with Gasteiger partial charge in [0.15, 0.2) is 0 Å². The van der Waals surface area contributed by atoms with Crippen LogP contribution >= 0.6 is 0 Å². The van der Waals surface area contributed by atoms with E-state index < -0.39 is 6.61 Å². The van der Waals surface area contributed by atoms with Crippen LogP contribution in [-0.4, -0.2) is 11.7 Å². The lowest BCUT2D eigenvalue weighted by molar-refractivity contribution is -0.0499. The van der Waals surface area contributed by atoms with Gasteiger partial charge < -0.3 is 9.84 Å². The largest absolute Gasteiger partial charge is 0.508 e. The Bertz CT molecular complexity index is 311. The molecule has 0 saturated carbocycles. The summed E-state index contributed by atoms with van der Waals surface area (Å²) in [7, 11) is 0. The average Bonchev–Trinajstić information content (AvgIpc) is 2.07. The fourth-order valence-corrected chi connectivity index (χ4v) is 1.17. The molecule has 0 heterocycles. The Labute approximate surface area is 81.1 Å². The number of hydrogen-bond acceptors (Lipinski definition) is 2. The molecule has 1 N–H and O–H groups in total. The molecule has 0 spiro atoms. The van der Waals surface area contributed by atoms with Gasteiger partial charge in [0, 0.05) is 5.56 Å². The molecule has 0 fully saturated rings. The first-order chi connectivity index (χ1) is 6.50. The molecule has 78 valence electrons. The lowest BCUT2D eigenvalue weighted by Crippen LogP contribution is -2.02. The van der Waals surface area contributed by atoms with Gasteiger partial charge in [-0.15, -0.1) is 0 Å². The number of phenolic OH excluding ortho intramolecular Hbond substituents is 1. The van der Waals surface area contributed by atoms with Gasteiger partial charge in [-0.1, -0.05) is 13.8 Å². The highest BCUT2D eigenvalue weighted by atomic mass is 19.3. The van der Waals surface area contributed by atoms with Crippen LogP contribution in [0.4, 0.5) is 8.78 Å². The van der Waals surface area contributed by atoms with Crippen molar-refractivity contribution in [3.8, 4) is 11.5 Å². The summed E-state index contributed by atoms with van der Waals surface area (Å²) < 4.78 is 28.0. The van der Waals surface area contributed by atoms with Crippen molar-refractivity contribution in [3.63, 3.8) is 0 Å². The maximum atomic E-state index is 11.9. The Balaban J connectivity index is 2.94. The molecule has 0 radical (unpaired) electrons. The van der Waals surface area contributed by atoms with Crippen LogP contribution in [0.25, 0.3) is 0 Å². The number of rotatable bonds is 3. The SMILES string of the molecule is CC(C)c1cc(OC(F)F)ccc1O. The topological polar surface area (TPSA) is 29.5 Å². The third-order valence-corrected chi connectivity index (χ3v) is 1.85. The van der Waals surface area contributed by atoms with Gasteiger partial charge in [0.05, 0.1) is 0 Å². The number of ether oxygens (including phenoxy) is 1. The normalized spacial score (nSPS) is 11.0. The second-order valence-electron chi connectivity index (χ2n) is 3.25. The number of benzene rings is 1. The summed E-state index contributed by atoms with van der Waals surface area (Å²) in [6.07, 6.45) is 0. The van der Waals surface area contributed by atoms with E-state index in [9.17, 15) is 13.9 Å². The van der Waals surface area contributed by atoms with Crippen molar-refractivity contribution >= 4 is 0 Å². The average molecular weight is 202 g/mol. The van der Waals surface area contributed by atoms with Gasteiger partial charge in [-0.3, -0.25) is 0 Å². The van der Waals surface area contributed by atoms with Gasteiger partial charge in [0.1, 0.15) is 11.5 Å². The van der Waals surface area contributed by atoms with Crippen LogP contribution in [0.15, 0.2) is 18.2 Å². The number of halogens is 2. The van der Waals surface area contributed by atoms with Crippen LogP contribution in [0.5, 0.6) is 11.5 Å². The molecule has 0 saturated heterocycles. The van der Waals surface area contributed by atoms with Crippen LogP contribution in [0.2, 0.25) is 0 Å². The van der Waals surface area contributed by atoms with E-state index >= 15 is 0 Å². The molecule has 4 heteroatoms. The number of phenols is 1. The van der Waals surface area contributed by atoms with Crippen molar-refractivity contribution in [2.45, 2.75) is 26.4 Å². The minimum absolute atomic E-state index is 0.0659. The van der Waals surface area contributed by atoms with Gasteiger partial charge >= 0.3 is 6.61 Å². The Hall–Kier alpha value is -1.32. The first-order valence-electron chi connectivity index (χ1n) is 4.28. The zero-order valence-electron chi connectivity index (χ0n) is 8.00. The first-order valence-corrected chi connectivity index (χ1v) is 4.28. The lowest BCUT2D eigenvalue weighted by Gasteiger charge is -2.10. The van der Waals surface area contributed by atoms with Crippen molar-refractivity contribution < 1.29 is 18.6 Å². The third-order valence-electron chi connectivity index (χ3n) is 1.85. The zero-order chi connectivity index (χ0) is 10.7. The van der Waals surface area contributed by atoms with Gasteiger partial charge in [-0.05, 0) is 24.1 Å². The van der Waals surface area contributed by atoms with Crippen LogP contribution in [0, 0.1) is 0 Å². The molecule has 0 aliphatic rings. The zero-order valence-corrected chi connectivity index (χ0v) is 8.00. The maximum Gasteiger partial charge on any atom is 0.387 e. The van der Waals surface area contributed by atoms with Gasteiger partial charge in [0.2, 0.25) is 0 Å². The van der Waals surface area contributed by atoms with Crippen molar-refractivity contribution in [1.82, 2.24) is 0 Å². The molecule has 1 rings (SSSR count). The maximum absolute atomic E-state index is 11.9. The molecule has 0 aliphatic heterocycles. The lowest BCUT2D eigenvalue weighted by atomic mass is 10.0. The Kier molecular flexibility index (Phi) is 3.28. The minimum Gasteiger partial charge on any atom is -0.508 e. The Morgan fingerprint density at radius 2 is 1.93 bits per heavy atom. The van der Waals surface area contributed by atoms with Crippen molar-refractivity contribution in [1.29, 1.82) is 0 Å². The number of aromatic hydroxyl groups is 1. The van der Waals surface area contributed by atoms with Crippen LogP contribution in [-0.2, 0) is 0 Å². The fourth-order valence-electron chi connectivity index (χ4n) is 1.17. The summed E-state index contributed by atoms with van der Waals surface area (Å²) in [6.45, 7) is 0.891. The first kappa shape index (κ1) is 10.8. The standard InChI is InChI=1S/C10H12F2O2/c1-6(2)8-5-7(14-10(11)12)3-4-9(8)13/h3-6,10,13H,1-2H3. The van der Waals surface area contributed by atoms with E-state index in [4.69, 9.17) is 0 Å². The summed E-state index contributed by atoms with van der Waals surface area (Å²) in [5.74, 6) is 0.235. The molecule has 0 aromatic heterocycles. The van der Waals surface area contributed by atoms with Crippen molar-refractivity contribution in [2.24, 2.45) is 0 Å². The molecule has 14 heavy (non-hydrogen) atoms. The second kappa shape index (κ2) is 4.26. The van der Waals surface area contributed by atoms with E-state index in [1.54, 1.807) is 0 Å². The summed E-state index contributed by atoms with van der Waals surface area (Å²) in [5.41, 5.74) is 0.600. The molecule has 1 aromatic rings. The smallest absolute Gasteiger partial charge is 0.387 e. The molecule has 0 bridgehead atoms. The van der Waals surface area contributed by atoms with E-state index in [0.29, 0.717) is 5.56 Å². The van der Waals surface area contributed by atoms with Gasteiger partial charge in [-0.25, -0.2) is 0 Å². The summed E-state index contributed by atoms with van der Waals surface area (Å²) in [4.78, 5) is 0. The minimum atomic E-state index is -2.83. The molecule has 1 aromatic carbocycles. The van der Waals surface area contributed by atoms with Crippen molar-refractivity contribution in [2.75, 3.05) is 0 Å². The highest BCUT2D eigenvalue weighted by Gasteiger charge is 2.10. The number of alkyl halides is 2. The quantitative estimate of drug-likeness (QED) is 0.815. The highest BCUT2D eigenvalue weighted by Crippen LogP contribution is 2.29. The Morgan fingerprint density at radius 3 is 2.43 bits per heavy atom. The van der Waals surface area contributed by atoms with E-state index in [1.165, 1.54) is 18.2 Å². The van der Waals surface area contributed by atoms with Crippen LogP contribution in [0.3, 0.4) is 0 Å². The molecular weight excluding hydrogens is 190 g/mol. The third kappa shape index (κ3) is 2.58. The molecule has 0 amide bonds. The van der Waals surface area contributed by atoms with E-state index in [-0.39, 0.29) is 17.4 Å². The van der Waals surface area contributed by atoms with Crippen molar-refractivity contribution in [3.05, 3.63) is 23.8 Å². The Morgan fingerprint density at radius 1 is 1.29 bits per heavy atom. The highest BCUT2D eigenvalue weighted by molar-refractivity contribution is 5.41.